The topological polar surface area (TPSA) is 92.8 Å². The van der Waals surface area contributed by atoms with Crippen LogP contribution in [0, 0.1) is 0 Å². The molecule has 0 bridgehead atoms. The number of hydrogen-bond donors (Lipinski definition) is 2. The Labute approximate surface area is 146 Å². The van der Waals surface area contributed by atoms with Crippen molar-refractivity contribution in [2.24, 2.45) is 0 Å². The summed E-state index contributed by atoms with van der Waals surface area (Å²) in [6, 6.07) is 10.9. The maximum Gasteiger partial charge on any atom is 0.275 e. The van der Waals surface area contributed by atoms with Gasteiger partial charge < -0.3 is 4.74 Å². The highest BCUT2D eigenvalue weighted by molar-refractivity contribution is 7.22. The molecule has 4 aromatic rings. The molecule has 0 spiro atoms. The molecule has 3 heterocycles. The number of benzene rings is 1. The molecule has 0 aliphatic rings. The zero-order chi connectivity index (χ0) is 17.2. The number of nitrogens with one attached hydrogen (secondary N) is 2. The molecule has 0 fully saturated rings. The summed E-state index contributed by atoms with van der Waals surface area (Å²) in [4.78, 5) is 20.8. The zero-order valence-corrected chi connectivity index (χ0v) is 14.0. The van der Waals surface area contributed by atoms with Gasteiger partial charge in [0, 0.05) is 18.0 Å². The molecule has 0 aliphatic heterocycles. The molecule has 8 heteroatoms. The van der Waals surface area contributed by atoms with Crippen molar-refractivity contribution in [3.8, 4) is 17.0 Å². The van der Waals surface area contributed by atoms with Crippen LogP contribution in [-0.2, 0) is 0 Å². The second kappa shape index (κ2) is 6.33. The summed E-state index contributed by atoms with van der Waals surface area (Å²) < 4.78 is 6.14. The number of aromatic nitrogens is 4. The Hall–Kier alpha value is -3.26. The number of aromatic amines is 1. The summed E-state index contributed by atoms with van der Waals surface area (Å²) in [5.41, 5.74) is 2.74. The van der Waals surface area contributed by atoms with Crippen molar-refractivity contribution in [1.82, 2.24) is 20.2 Å². The third-order valence-corrected chi connectivity index (χ3v) is 4.55. The van der Waals surface area contributed by atoms with Crippen LogP contribution in [0.4, 0.5) is 5.13 Å². The number of fused-ring (bicyclic) bond motifs is 1. The molecule has 7 nitrogen and oxygen atoms in total. The van der Waals surface area contributed by atoms with Crippen LogP contribution in [-0.4, -0.2) is 33.2 Å². The first-order valence-corrected chi connectivity index (χ1v) is 8.26. The van der Waals surface area contributed by atoms with Gasteiger partial charge in [-0.05, 0) is 36.4 Å². The summed E-state index contributed by atoms with van der Waals surface area (Å²) in [5, 5.41) is 10.2. The smallest absolute Gasteiger partial charge is 0.275 e. The summed E-state index contributed by atoms with van der Waals surface area (Å²) in [6.07, 6.45) is 3.36. The minimum Gasteiger partial charge on any atom is -0.497 e. The highest BCUT2D eigenvalue weighted by Gasteiger charge is 2.14. The van der Waals surface area contributed by atoms with Crippen molar-refractivity contribution in [1.29, 1.82) is 0 Å². The van der Waals surface area contributed by atoms with Gasteiger partial charge in [0.25, 0.3) is 5.91 Å². The molecule has 4 rings (SSSR count). The van der Waals surface area contributed by atoms with Gasteiger partial charge in [0.05, 0.1) is 23.0 Å². The first-order chi connectivity index (χ1) is 12.2. The normalized spacial score (nSPS) is 10.8. The fraction of sp³-hybridized carbons (Fsp3) is 0.0588. The lowest BCUT2D eigenvalue weighted by atomic mass is 10.2. The van der Waals surface area contributed by atoms with E-state index in [1.54, 1.807) is 25.6 Å². The Morgan fingerprint density at radius 1 is 1.20 bits per heavy atom. The van der Waals surface area contributed by atoms with Crippen molar-refractivity contribution < 1.29 is 9.53 Å². The predicted molar refractivity (Wildman–Crippen MR) is 95.9 cm³/mol. The number of H-pyrrole nitrogens is 1. The number of anilines is 1. The Balaban J connectivity index is 1.55. The first kappa shape index (κ1) is 15.3. The number of nitrogens with zero attached hydrogens (tertiary/aromatic N) is 3. The Kier molecular flexibility index (Phi) is 3.87. The molecular weight excluding hydrogens is 338 g/mol. The maximum absolute atomic E-state index is 12.4. The minimum absolute atomic E-state index is 0.293. The number of carbonyl (C=O) groups is 1. The first-order valence-electron chi connectivity index (χ1n) is 7.44. The minimum atomic E-state index is -0.293. The third kappa shape index (κ3) is 3.07. The van der Waals surface area contributed by atoms with Gasteiger partial charge in [-0.3, -0.25) is 20.2 Å². The largest absolute Gasteiger partial charge is 0.497 e. The molecule has 3 aromatic heterocycles. The van der Waals surface area contributed by atoms with E-state index >= 15 is 0 Å². The summed E-state index contributed by atoms with van der Waals surface area (Å²) in [6.45, 7) is 0. The van der Waals surface area contributed by atoms with Crippen molar-refractivity contribution >= 4 is 32.6 Å². The van der Waals surface area contributed by atoms with Crippen LogP contribution in [0.3, 0.4) is 0 Å². The molecule has 0 atom stereocenters. The molecule has 0 aliphatic carbocycles. The molecule has 124 valence electrons. The average molecular weight is 351 g/mol. The van der Waals surface area contributed by atoms with Crippen molar-refractivity contribution in [3.63, 3.8) is 0 Å². The molecule has 0 unspecified atom stereocenters. The predicted octanol–water partition coefficient (Wildman–Crippen LogP) is 3.34. The highest BCUT2D eigenvalue weighted by atomic mass is 32.1. The monoisotopic (exact) mass is 351 g/mol. The van der Waals surface area contributed by atoms with Crippen LogP contribution in [0.1, 0.15) is 10.5 Å². The van der Waals surface area contributed by atoms with Gasteiger partial charge in [-0.15, -0.1) is 0 Å². The van der Waals surface area contributed by atoms with Crippen LogP contribution in [0.2, 0.25) is 0 Å². The van der Waals surface area contributed by atoms with Crippen LogP contribution in [0.5, 0.6) is 5.75 Å². The molecule has 0 saturated heterocycles. The van der Waals surface area contributed by atoms with E-state index in [-0.39, 0.29) is 5.91 Å². The van der Waals surface area contributed by atoms with Crippen LogP contribution >= 0.6 is 11.3 Å². The van der Waals surface area contributed by atoms with E-state index in [1.165, 1.54) is 11.3 Å². The van der Waals surface area contributed by atoms with Crippen molar-refractivity contribution in [3.05, 3.63) is 54.5 Å². The van der Waals surface area contributed by atoms with Gasteiger partial charge >= 0.3 is 0 Å². The fourth-order valence-electron chi connectivity index (χ4n) is 2.36. The number of rotatable bonds is 4. The number of methoxy groups -OCH3 is 1. The molecular formula is C17H13N5O2S. The lowest BCUT2D eigenvalue weighted by Crippen LogP contribution is -2.11. The number of hydrogen-bond acceptors (Lipinski definition) is 6. The zero-order valence-electron chi connectivity index (χ0n) is 13.2. The summed E-state index contributed by atoms with van der Waals surface area (Å²) in [7, 11) is 1.61. The molecule has 0 radical (unpaired) electrons. The number of carbonyl (C=O) groups excluding carboxylic acids is 1. The SMILES string of the molecule is COc1ccc2nc(NC(=O)c3cc(-c4ccncc4)n[nH]3)sc2c1. The van der Waals surface area contributed by atoms with Gasteiger partial charge in [0.15, 0.2) is 5.13 Å². The van der Waals surface area contributed by atoms with E-state index in [0.717, 1.165) is 21.5 Å². The van der Waals surface area contributed by atoms with Crippen LogP contribution in [0.15, 0.2) is 48.8 Å². The Morgan fingerprint density at radius 2 is 2.04 bits per heavy atom. The van der Waals surface area contributed by atoms with Gasteiger partial charge in [-0.2, -0.15) is 5.10 Å². The fourth-order valence-corrected chi connectivity index (χ4v) is 3.25. The lowest BCUT2D eigenvalue weighted by Gasteiger charge is -1.97. The number of thiazole rings is 1. The molecule has 25 heavy (non-hydrogen) atoms. The van der Waals surface area contributed by atoms with E-state index in [1.807, 2.05) is 30.3 Å². The second-order valence-corrected chi connectivity index (χ2v) is 6.24. The van der Waals surface area contributed by atoms with E-state index in [4.69, 9.17) is 4.74 Å². The van der Waals surface area contributed by atoms with Gasteiger partial charge in [0.1, 0.15) is 11.4 Å². The van der Waals surface area contributed by atoms with Gasteiger partial charge in [-0.25, -0.2) is 4.98 Å². The number of ether oxygens (including phenoxy) is 1. The van der Waals surface area contributed by atoms with Gasteiger partial charge in [-0.1, -0.05) is 11.3 Å². The molecule has 0 saturated carbocycles. The highest BCUT2D eigenvalue weighted by Crippen LogP contribution is 2.29. The van der Waals surface area contributed by atoms with E-state index in [2.05, 4.69) is 25.5 Å². The lowest BCUT2D eigenvalue weighted by molar-refractivity contribution is 0.102. The number of pyridine rings is 1. The van der Waals surface area contributed by atoms with E-state index in [9.17, 15) is 4.79 Å². The quantitative estimate of drug-likeness (QED) is 0.588. The number of amides is 1. The summed E-state index contributed by atoms with van der Waals surface area (Å²) >= 11 is 1.39. The molecule has 1 amide bonds. The third-order valence-electron chi connectivity index (χ3n) is 3.61. The van der Waals surface area contributed by atoms with Crippen molar-refractivity contribution in [2.45, 2.75) is 0 Å². The Morgan fingerprint density at radius 3 is 2.84 bits per heavy atom. The second-order valence-electron chi connectivity index (χ2n) is 5.21. The van der Waals surface area contributed by atoms with Crippen LogP contribution in [0.25, 0.3) is 21.5 Å². The standard InChI is InChI=1S/C17H13N5O2S/c1-24-11-2-3-12-15(8-11)25-17(19-12)20-16(23)14-9-13(21-22-14)10-4-6-18-7-5-10/h2-9H,1H3,(H,21,22)(H,19,20,23). The maximum atomic E-state index is 12.4. The van der Waals surface area contributed by atoms with Gasteiger partial charge in [0.2, 0.25) is 0 Å². The van der Waals surface area contributed by atoms with Crippen LogP contribution < -0.4 is 10.1 Å². The van der Waals surface area contributed by atoms with Crippen molar-refractivity contribution in [2.75, 3.05) is 12.4 Å². The molecule has 2 N–H and O–H groups in total. The average Bonchev–Trinajstić information content (AvgIpc) is 3.28. The Bertz CT molecular complexity index is 1040. The molecule has 1 aromatic carbocycles. The summed E-state index contributed by atoms with van der Waals surface area (Å²) in [5.74, 6) is 0.461. The van der Waals surface area contributed by atoms with E-state index in [0.29, 0.717) is 16.5 Å². The van der Waals surface area contributed by atoms with E-state index < -0.39 is 0 Å².